The van der Waals surface area contributed by atoms with E-state index in [1.54, 1.807) is 0 Å². The summed E-state index contributed by atoms with van der Waals surface area (Å²) in [6.45, 7) is 17.4. The smallest absolute Gasteiger partial charge is 0.00643 e. The van der Waals surface area contributed by atoms with Gasteiger partial charge in [0.15, 0.2) is 0 Å². The van der Waals surface area contributed by atoms with Crippen LogP contribution in [-0.2, 0) is 0 Å². The molecule has 0 aliphatic carbocycles. The number of hydrogen-bond acceptors (Lipinski definition) is 2. The van der Waals surface area contributed by atoms with Crippen molar-refractivity contribution in [3.63, 3.8) is 0 Å². The highest BCUT2D eigenvalue weighted by atomic mass is 15.1. The minimum atomic E-state index is 0.729. The van der Waals surface area contributed by atoms with E-state index >= 15 is 0 Å². The normalized spacial score (nSPS) is 11.8. The van der Waals surface area contributed by atoms with Gasteiger partial charge in [0.05, 0.1) is 0 Å². The van der Waals surface area contributed by atoms with Gasteiger partial charge in [-0.05, 0) is 72.8 Å². The molecule has 0 spiro atoms. The van der Waals surface area contributed by atoms with Gasteiger partial charge < -0.3 is 9.80 Å². The molecule has 0 heterocycles. The Balaban J connectivity index is -0.000000656. The van der Waals surface area contributed by atoms with Crippen molar-refractivity contribution in [2.75, 3.05) is 34.2 Å². The zero-order chi connectivity index (χ0) is 16.6. The highest BCUT2D eigenvalue weighted by Gasteiger charge is 2.08. The molecule has 0 amide bonds. The van der Waals surface area contributed by atoms with Crippen LogP contribution in [0.4, 0.5) is 0 Å². The fourth-order valence-corrected chi connectivity index (χ4v) is 1.89. The van der Waals surface area contributed by atoms with E-state index in [-0.39, 0.29) is 0 Å². The van der Waals surface area contributed by atoms with Crippen molar-refractivity contribution in [1.82, 2.24) is 9.80 Å². The number of hydrogen-bond donors (Lipinski definition) is 0. The van der Waals surface area contributed by atoms with Gasteiger partial charge in [-0.1, -0.05) is 41.5 Å². The quantitative estimate of drug-likeness (QED) is 0.580. The molecule has 0 saturated carbocycles. The molecule has 0 aromatic carbocycles. The Bertz CT molecular complexity index is 137. The Morgan fingerprint density at radius 3 is 1.55 bits per heavy atom. The van der Waals surface area contributed by atoms with E-state index < -0.39 is 0 Å². The van der Waals surface area contributed by atoms with E-state index in [9.17, 15) is 0 Å². The van der Waals surface area contributed by atoms with Crippen molar-refractivity contribution in [2.45, 2.75) is 80.2 Å². The third-order valence-corrected chi connectivity index (χ3v) is 3.27. The summed E-state index contributed by atoms with van der Waals surface area (Å²) in [6, 6.07) is 0.729. The highest BCUT2D eigenvalue weighted by Crippen LogP contribution is 2.09. The lowest BCUT2D eigenvalue weighted by Crippen LogP contribution is -2.30. The van der Waals surface area contributed by atoms with Gasteiger partial charge >= 0.3 is 0 Å². The minimum absolute atomic E-state index is 0.729. The first kappa shape index (κ1) is 24.9. The standard InChI is InChI=1S/C14H32N2.2C2H6/c1-13(2)9-7-12-16(6)14(3)10-8-11-15(4)5;2*1-2/h13-14H,7-12H2,1-6H3;2*1-2H3. The van der Waals surface area contributed by atoms with Crippen molar-refractivity contribution >= 4 is 0 Å². The first-order valence-corrected chi connectivity index (χ1v) is 8.78. The molecule has 1 unspecified atom stereocenters. The Morgan fingerprint density at radius 2 is 1.15 bits per heavy atom. The molecule has 0 radical (unpaired) electrons. The van der Waals surface area contributed by atoms with Crippen molar-refractivity contribution in [1.29, 1.82) is 0 Å². The third-order valence-electron chi connectivity index (χ3n) is 3.27. The average Bonchev–Trinajstić information content (AvgIpc) is 2.42. The second-order valence-corrected chi connectivity index (χ2v) is 5.81. The molecule has 2 nitrogen and oxygen atoms in total. The predicted octanol–water partition coefficient (Wildman–Crippen LogP) is 5.14. The first-order chi connectivity index (χ1) is 9.43. The fraction of sp³-hybridized carbons (Fsp3) is 1.00. The summed E-state index contributed by atoms with van der Waals surface area (Å²) >= 11 is 0. The lowest BCUT2D eigenvalue weighted by atomic mass is 10.1. The van der Waals surface area contributed by atoms with E-state index in [1.165, 1.54) is 38.8 Å². The van der Waals surface area contributed by atoms with E-state index in [0.29, 0.717) is 0 Å². The molecule has 0 aliphatic heterocycles. The van der Waals surface area contributed by atoms with Crippen LogP contribution in [0.15, 0.2) is 0 Å². The van der Waals surface area contributed by atoms with Gasteiger partial charge in [0, 0.05) is 6.04 Å². The molecule has 0 bridgehead atoms. The largest absolute Gasteiger partial charge is 0.309 e. The Kier molecular flexibility index (Phi) is 23.6. The zero-order valence-corrected chi connectivity index (χ0v) is 16.3. The summed E-state index contributed by atoms with van der Waals surface area (Å²) < 4.78 is 0. The van der Waals surface area contributed by atoms with Gasteiger partial charge in [-0.25, -0.2) is 0 Å². The van der Waals surface area contributed by atoms with Crippen LogP contribution in [0, 0.1) is 5.92 Å². The molecule has 2 heteroatoms. The summed E-state index contributed by atoms with van der Waals surface area (Å²) in [4.78, 5) is 4.78. The molecule has 0 fully saturated rings. The van der Waals surface area contributed by atoms with E-state index in [4.69, 9.17) is 0 Å². The summed E-state index contributed by atoms with van der Waals surface area (Å²) in [7, 11) is 6.56. The van der Waals surface area contributed by atoms with E-state index in [0.717, 1.165) is 12.0 Å². The van der Waals surface area contributed by atoms with Crippen molar-refractivity contribution < 1.29 is 0 Å². The third kappa shape index (κ3) is 20.2. The average molecular weight is 289 g/mol. The molecule has 0 saturated heterocycles. The Hall–Kier alpha value is -0.0800. The monoisotopic (exact) mass is 288 g/mol. The van der Waals surface area contributed by atoms with Crippen LogP contribution in [0.2, 0.25) is 0 Å². The van der Waals surface area contributed by atoms with Crippen LogP contribution < -0.4 is 0 Å². The Morgan fingerprint density at radius 1 is 0.700 bits per heavy atom. The van der Waals surface area contributed by atoms with Gasteiger partial charge in [-0.15, -0.1) is 0 Å². The summed E-state index contributed by atoms with van der Waals surface area (Å²) in [5.74, 6) is 0.845. The van der Waals surface area contributed by atoms with Crippen molar-refractivity contribution in [3.8, 4) is 0 Å². The van der Waals surface area contributed by atoms with E-state index in [2.05, 4.69) is 51.7 Å². The van der Waals surface area contributed by atoms with Crippen LogP contribution >= 0.6 is 0 Å². The fourth-order valence-electron chi connectivity index (χ4n) is 1.89. The second kappa shape index (κ2) is 18.9. The minimum Gasteiger partial charge on any atom is -0.309 e. The Labute approximate surface area is 130 Å². The molecule has 0 aliphatic rings. The summed E-state index contributed by atoms with van der Waals surface area (Å²) in [6.07, 6.45) is 5.32. The molecule has 0 aromatic rings. The maximum absolute atomic E-state index is 2.51. The SMILES string of the molecule is CC.CC.CC(C)CCCN(C)C(C)CCCN(C)C. The topological polar surface area (TPSA) is 6.48 Å². The van der Waals surface area contributed by atoms with Crippen molar-refractivity contribution in [2.24, 2.45) is 5.92 Å². The molecule has 0 rings (SSSR count). The summed E-state index contributed by atoms with van der Waals surface area (Å²) in [5.41, 5.74) is 0. The van der Waals surface area contributed by atoms with Crippen molar-refractivity contribution in [3.05, 3.63) is 0 Å². The van der Waals surface area contributed by atoms with Crippen LogP contribution in [0.3, 0.4) is 0 Å². The van der Waals surface area contributed by atoms with Gasteiger partial charge in [0.2, 0.25) is 0 Å². The maximum atomic E-state index is 2.51. The molecule has 0 N–H and O–H groups in total. The van der Waals surface area contributed by atoms with Crippen LogP contribution in [0.5, 0.6) is 0 Å². The van der Waals surface area contributed by atoms with Crippen LogP contribution in [0.25, 0.3) is 0 Å². The molecular formula is C18H44N2. The highest BCUT2D eigenvalue weighted by molar-refractivity contribution is 4.64. The van der Waals surface area contributed by atoms with Gasteiger partial charge in [-0.3, -0.25) is 0 Å². The second-order valence-electron chi connectivity index (χ2n) is 5.81. The molecular weight excluding hydrogens is 244 g/mol. The number of rotatable bonds is 9. The predicted molar refractivity (Wildman–Crippen MR) is 96.6 cm³/mol. The van der Waals surface area contributed by atoms with Crippen LogP contribution in [-0.4, -0.2) is 50.1 Å². The zero-order valence-electron chi connectivity index (χ0n) is 16.3. The van der Waals surface area contributed by atoms with Crippen LogP contribution in [0.1, 0.15) is 74.1 Å². The van der Waals surface area contributed by atoms with Gasteiger partial charge in [-0.2, -0.15) is 0 Å². The van der Waals surface area contributed by atoms with Gasteiger partial charge in [0.25, 0.3) is 0 Å². The lowest BCUT2D eigenvalue weighted by molar-refractivity contribution is 0.228. The molecule has 0 aromatic heterocycles. The summed E-state index contributed by atoms with van der Waals surface area (Å²) in [5, 5.41) is 0. The first-order valence-electron chi connectivity index (χ1n) is 8.78. The lowest BCUT2D eigenvalue weighted by Gasteiger charge is -2.25. The van der Waals surface area contributed by atoms with E-state index in [1.807, 2.05) is 27.7 Å². The molecule has 126 valence electrons. The molecule has 20 heavy (non-hydrogen) atoms. The maximum Gasteiger partial charge on any atom is 0.00643 e. The van der Waals surface area contributed by atoms with Gasteiger partial charge in [0.1, 0.15) is 0 Å². The molecule has 1 atom stereocenters. The number of nitrogens with zero attached hydrogens (tertiary/aromatic N) is 2.